The van der Waals surface area contributed by atoms with E-state index in [1.807, 2.05) is 60.7 Å². The van der Waals surface area contributed by atoms with E-state index in [1.165, 1.54) is 0 Å². The number of benzene rings is 2. The van der Waals surface area contributed by atoms with Crippen molar-refractivity contribution in [2.45, 2.75) is 25.5 Å². The van der Waals surface area contributed by atoms with Crippen molar-refractivity contribution in [1.82, 2.24) is 0 Å². The molecule has 172 valence electrons. The SMILES string of the molecule is COCCOCC[N+]12CCC(CC1)[C@@H](OC(=O)N(Cc1ccccc1)c1ccccc1)C2. The van der Waals surface area contributed by atoms with Gasteiger partial charge >= 0.3 is 6.09 Å². The highest BCUT2D eigenvalue weighted by Gasteiger charge is 2.47. The number of piperidine rings is 3. The van der Waals surface area contributed by atoms with Crippen LogP contribution in [0.5, 0.6) is 0 Å². The molecule has 2 bridgehead atoms. The summed E-state index contributed by atoms with van der Waals surface area (Å²) in [7, 11) is 1.69. The van der Waals surface area contributed by atoms with Crippen LogP contribution in [-0.2, 0) is 20.8 Å². The van der Waals surface area contributed by atoms with Gasteiger partial charge in [-0.25, -0.2) is 4.79 Å². The first-order valence-electron chi connectivity index (χ1n) is 11.7. The number of nitrogens with zero attached hydrogens (tertiary/aromatic N) is 2. The molecule has 0 saturated carbocycles. The zero-order chi connectivity index (χ0) is 22.2. The second-order valence-electron chi connectivity index (χ2n) is 8.97. The van der Waals surface area contributed by atoms with Crippen molar-refractivity contribution in [2.24, 2.45) is 5.92 Å². The van der Waals surface area contributed by atoms with E-state index in [0.29, 0.717) is 25.7 Å². The number of carbonyl (C=O) groups excluding carboxylic acids is 1. The van der Waals surface area contributed by atoms with E-state index in [0.717, 1.165) is 61.4 Å². The number of hydrogen-bond acceptors (Lipinski definition) is 4. The third kappa shape index (κ3) is 5.68. The second kappa shape index (κ2) is 10.9. The number of ether oxygens (including phenoxy) is 3. The minimum atomic E-state index is -0.256. The lowest BCUT2D eigenvalue weighted by molar-refractivity contribution is -0.946. The summed E-state index contributed by atoms with van der Waals surface area (Å²) >= 11 is 0. The van der Waals surface area contributed by atoms with Crippen molar-refractivity contribution >= 4 is 11.8 Å². The third-order valence-electron chi connectivity index (χ3n) is 6.91. The molecule has 3 heterocycles. The van der Waals surface area contributed by atoms with Crippen LogP contribution in [0.15, 0.2) is 60.7 Å². The third-order valence-corrected chi connectivity index (χ3v) is 6.91. The molecule has 3 fully saturated rings. The fourth-order valence-electron chi connectivity index (χ4n) is 5.00. The number of amides is 1. The summed E-state index contributed by atoms with van der Waals surface area (Å²) in [6, 6.07) is 19.9. The van der Waals surface area contributed by atoms with Crippen LogP contribution in [-0.4, -0.2) is 69.8 Å². The molecule has 5 rings (SSSR count). The molecule has 2 aromatic rings. The highest BCUT2D eigenvalue weighted by molar-refractivity contribution is 5.87. The average molecular weight is 440 g/mol. The van der Waals surface area contributed by atoms with Gasteiger partial charge in [-0.2, -0.15) is 0 Å². The Balaban J connectivity index is 1.41. The van der Waals surface area contributed by atoms with Gasteiger partial charge in [0.15, 0.2) is 6.10 Å². The predicted octanol–water partition coefficient (Wildman–Crippen LogP) is 4.10. The topological polar surface area (TPSA) is 48.0 Å². The van der Waals surface area contributed by atoms with Crippen LogP contribution in [0, 0.1) is 5.92 Å². The number of fused-ring (bicyclic) bond motifs is 3. The molecule has 0 spiro atoms. The maximum absolute atomic E-state index is 13.4. The van der Waals surface area contributed by atoms with E-state index in [-0.39, 0.29) is 12.2 Å². The molecule has 3 aliphatic heterocycles. The Morgan fingerprint density at radius 2 is 1.66 bits per heavy atom. The Kier molecular flexibility index (Phi) is 7.79. The molecule has 3 aliphatic rings. The standard InChI is InChI=1S/C26H35N2O4/c1-30-18-19-31-17-16-28-14-12-23(13-15-28)25(21-28)32-26(29)27(24-10-6-3-7-11-24)20-22-8-4-2-5-9-22/h2-11,23,25H,12-21H2,1H3/q+1/t23?,25-,28?/m0/s1. The smallest absolute Gasteiger partial charge is 0.415 e. The van der Waals surface area contributed by atoms with Gasteiger partial charge in [-0.05, 0) is 17.7 Å². The number of para-hydroxylation sites is 1. The van der Waals surface area contributed by atoms with Crippen molar-refractivity contribution in [1.29, 1.82) is 0 Å². The average Bonchev–Trinajstić information content (AvgIpc) is 2.84. The molecule has 3 saturated heterocycles. The quantitative estimate of drug-likeness (QED) is 0.413. The fourth-order valence-corrected chi connectivity index (χ4v) is 5.00. The molecule has 0 N–H and O–H groups in total. The number of methoxy groups -OCH3 is 1. The van der Waals surface area contributed by atoms with Crippen LogP contribution in [0.2, 0.25) is 0 Å². The minimum absolute atomic E-state index is 0.0361. The summed E-state index contributed by atoms with van der Waals surface area (Å²) in [4.78, 5) is 15.1. The lowest BCUT2D eigenvalue weighted by Gasteiger charge is -2.52. The maximum Gasteiger partial charge on any atom is 0.415 e. The van der Waals surface area contributed by atoms with Crippen molar-refractivity contribution in [3.05, 3.63) is 66.2 Å². The van der Waals surface area contributed by atoms with Gasteiger partial charge < -0.3 is 18.7 Å². The van der Waals surface area contributed by atoms with E-state index in [4.69, 9.17) is 14.2 Å². The van der Waals surface area contributed by atoms with Gasteiger partial charge in [0.25, 0.3) is 0 Å². The number of quaternary nitrogens is 1. The summed E-state index contributed by atoms with van der Waals surface area (Å²) in [6.45, 7) is 6.63. The monoisotopic (exact) mass is 439 g/mol. The first kappa shape index (κ1) is 22.8. The highest BCUT2D eigenvalue weighted by Crippen LogP contribution is 2.36. The zero-order valence-corrected chi connectivity index (χ0v) is 19.0. The van der Waals surface area contributed by atoms with E-state index in [9.17, 15) is 4.79 Å². The summed E-state index contributed by atoms with van der Waals surface area (Å²) < 4.78 is 18.0. The summed E-state index contributed by atoms with van der Waals surface area (Å²) in [5.41, 5.74) is 1.94. The summed E-state index contributed by atoms with van der Waals surface area (Å²) in [6.07, 6.45) is 1.93. The van der Waals surface area contributed by atoms with Crippen LogP contribution in [0.3, 0.4) is 0 Å². The lowest BCUT2D eigenvalue weighted by Crippen LogP contribution is -2.65. The molecule has 32 heavy (non-hydrogen) atoms. The number of rotatable bonds is 10. The summed E-state index contributed by atoms with van der Waals surface area (Å²) in [5, 5.41) is 0. The minimum Gasteiger partial charge on any atom is -0.440 e. The number of hydrogen-bond donors (Lipinski definition) is 0. The Hall–Kier alpha value is -2.41. The molecule has 0 unspecified atom stereocenters. The van der Waals surface area contributed by atoms with E-state index < -0.39 is 0 Å². The van der Waals surface area contributed by atoms with Crippen LogP contribution in [0.25, 0.3) is 0 Å². The van der Waals surface area contributed by atoms with Gasteiger partial charge in [-0.15, -0.1) is 0 Å². The Morgan fingerprint density at radius 3 is 2.34 bits per heavy atom. The Morgan fingerprint density at radius 1 is 0.969 bits per heavy atom. The highest BCUT2D eigenvalue weighted by atomic mass is 16.6. The van der Waals surface area contributed by atoms with Crippen molar-refractivity contribution in [3.8, 4) is 0 Å². The number of carbonyl (C=O) groups is 1. The Labute approximate surface area is 191 Å². The fraction of sp³-hybridized carbons (Fsp3) is 0.500. The van der Waals surface area contributed by atoms with Crippen LogP contribution >= 0.6 is 0 Å². The second-order valence-corrected chi connectivity index (χ2v) is 8.97. The predicted molar refractivity (Wildman–Crippen MR) is 124 cm³/mol. The van der Waals surface area contributed by atoms with Crippen molar-refractivity contribution < 1.29 is 23.5 Å². The molecule has 6 heteroatoms. The maximum atomic E-state index is 13.4. The van der Waals surface area contributed by atoms with Gasteiger partial charge in [0.2, 0.25) is 0 Å². The normalized spacial score (nSPS) is 24.3. The van der Waals surface area contributed by atoms with Crippen molar-refractivity contribution in [2.75, 3.05) is 58.0 Å². The molecule has 1 atom stereocenters. The van der Waals surface area contributed by atoms with Gasteiger partial charge in [-0.1, -0.05) is 48.5 Å². The Bertz CT molecular complexity index is 837. The van der Waals surface area contributed by atoms with E-state index >= 15 is 0 Å². The molecule has 0 radical (unpaired) electrons. The van der Waals surface area contributed by atoms with Gasteiger partial charge in [0.1, 0.15) is 13.1 Å². The van der Waals surface area contributed by atoms with Crippen LogP contribution in [0.4, 0.5) is 10.5 Å². The largest absolute Gasteiger partial charge is 0.440 e. The van der Waals surface area contributed by atoms with Crippen molar-refractivity contribution in [3.63, 3.8) is 0 Å². The van der Waals surface area contributed by atoms with Gasteiger partial charge in [-0.3, -0.25) is 4.90 Å². The van der Waals surface area contributed by atoms with Gasteiger partial charge in [0, 0.05) is 31.6 Å². The molecular weight excluding hydrogens is 404 g/mol. The molecule has 1 amide bonds. The van der Waals surface area contributed by atoms with E-state index in [2.05, 4.69) is 0 Å². The van der Waals surface area contributed by atoms with Gasteiger partial charge in [0.05, 0.1) is 39.5 Å². The van der Waals surface area contributed by atoms with Crippen LogP contribution in [0.1, 0.15) is 18.4 Å². The molecule has 2 aromatic carbocycles. The zero-order valence-electron chi connectivity index (χ0n) is 19.0. The summed E-state index contributed by atoms with van der Waals surface area (Å²) in [5.74, 6) is 0.461. The molecule has 6 nitrogen and oxygen atoms in total. The number of anilines is 1. The molecule has 0 aromatic heterocycles. The lowest BCUT2D eigenvalue weighted by atomic mass is 9.83. The first-order valence-corrected chi connectivity index (χ1v) is 11.7. The first-order chi connectivity index (χ1) is 15.7. The molecular formula is C26H35N2O4+. The van der Waals surface area contributed by atoms with Crippen LogP contribution < -0.4 is 4.90 Å². The van der Waals surface area contributed by atoms with E-state index in [1.54, 1.807) is 12.0 Å². The molecule has 0 aliphatic carbocycles.